The Balaban J connectivity index is 2.37. The summed E-state index contributed by atoms with van der Waals surface area (Å²) >= 11 is 0. The van der Waals surface area contributed by atoms with Crippen molar-refractivity contribution >= 4 is 11.0 Å². The molecular formula is C15H23N3O. The van der Waals surface area contributed by atoms with Gasteiger partial charge in [0, 0.05) is 6.54 Å². The lowest BCUT2D eigenvalue weighted by Gasteiger charge is -2.31. The van der Waals surface area contributed by atoms with E-state index in [1.54, 1.807) is 0 Å². The molecule has 1 aromatic heterocycles. The number of imidazole rings is 1. The van der Waals surface area contributed by atoms with E-state index in [0.717, 1.165) is 23.4 Å². The number of hydrogen-bond donors (Lipinski definition) is 2. The molecule has 2 rings (SSSR count). The number of fused-ring (bicyclic) bond motifs is 1. The fourth-order valence-electron chi connectivity index (χ4n) is 2.65. The molecule has 1 aromatic carbocycles. The standard InChI is InChI=1S/C15H23N3O/c1-4-18(9-10-19)14(11(2)3)15-16-12-7-5-6-8-13(12)17-15/h5-8,11,14,19H,4,9-10H2,1-3H3,(H,16,17). The molecule has 2 N–H and O–H groups in total. The average molecular weight is 261 g/mol. The van der Waals surface area contributed by atoms with Crippen LogP contribution in [0.4, 0.5) is 0 Å². The van der Waals surface area contributed by atoms with Gasteiger partial charge in [0.05, 0.1) is 23.7 Å². The summed E-state index contributed by atoms with van der Waals surface area (Å²) in [5.74, 6) is 1.43. The molecule has 4 nitrogen and oxygen atoms in total. The van der Waals surface area contributed by atoms with Gasteiger partial charge >= 0.3 is 0 Å². The summed E-state index contributed by atoms with van der Waals surface area (Å²) in [5.41, 5.74) is 2.08. The summed E-state index contributed by atoms with van der Waals surface area (Å²) in [4.78, 5) is 10.4. The minimum absolute atomic E-state index is 0.178. The van der Waals surface area contributed by atoms with E-state index in [1.165, 1.54) is 0 Å². The van der Waals surface area contributed by atoms with Crippen molar-refractivity contribution in [2.24, 2.45) is 5.92 Å². The second kappa shape index (κ2) is 6.17. The van der Waals surface area contributed by atoms with Crippen LogP contribution in [0.3, 0.4) is 0 Å². The van der Waals surface area contributed by atoms with Gasteiger partial charge in [-0.3, -0.25) is 4.90 Å². The average Bonchev–Trinajstić information content (AvgIpc) is 2.80. The van der Waals surface area contributed by atoms with Crippen LogP contribution in [-0.4, -0.2) is 39.7 Å². The molecule has 104 valence electrons. The van der Waals surface area contributed by atoms with Crippen molar-refractivity contribution < 1.29 is 5.11 Å². The van der Waals surface area contributed by atoms with Crippen LogP contribution in [0.25, 0.3) is 11.0 Å². The van der Waals surface area contributed by atoms with Crippen LogP contribution >= 0.6 is 0 Å². The maximum atomic E-state index is 9.21. The Hall–Kier alpha value is -1.39. The highest BCUT2D eigenvalue weighted by molar-refractivity contribution is 5.74. The van der Waals surface area contributed by atoms with Crippen molar-refractivity contribution in [3.63, 3.8) is 0 Å². The highest BCUT2D eigenvalue weighted by Gasteiger charge is 2.25. The molecule has 0 amide bonds. The summed E-state index contributed by atoms with van der Waals surface area (Å²) in [6.07, 6.45) is 0. The van der Waals surface area contributed by atoms with Crippen molar-refractivity contribution in [2.45, 2.75) is 26.8 Å². The van der Waals surface area contributed by atoms with Crippen molar-refractivity contribution in [1.82, 2.24) is 14.9 Å². The van der Waals surface area contributed by atoms with E-state index in [9.17, 15) is 5.11 Å². The van der Waals surface area contributed by atoms with E-state index >= 15 is 0 Å². The third kappa shape index (κ3) is 2.96. The van der Waals surface area contributed by atoms with Gasteiger partial charge in [-0.05, 0) is 24.6 Å². The molecule has 0 aliphatic heterocycles. The van der Waals surface area contributed by atoms with Crippen molar-refractivity contribution in [2.75, 3.05) is 19.7 Å². The van der Waals surface area contributed by atoms with Gasteiger partial charge < -0.3 is 10.1 Å². The van der Waals surface area contributed by atoms with Gasteiger partial charge in [0.15, 0.2) is 0 Å². The quantitative estimate of drug-likeness (QED) is 0.840. The smallest absolute Gasteiger partial charge is 0.124 e. The first-order chi connectivity index (χ1) is 9.17. The summed E-state index contributed by atoms with van der Waals surface area (Å²) in [6.45, 7) is 8.26. The first-order valence-electron chi connectivity index (χ1n) is 6.97. The number of aliphatic hydroxyl groups is 1. The number of aromatic amines is 1. The van der Waals surface area contributed by atoms with Gasteiger partial charge in [-0.25, -0.2) is 4.98 Å². The van der Waals surface area contributed by atoms with Crippen LogP contribution in [0.5, 0.6) is 0 Å². The normalized spacial score (nSPS) is 13.6. The number of rotatable bonds is 6. The van der Waals surface area contributed by atoms with E-state index in [0.29, 0.717) is 12.5 Å². The van der Waals surface area contributed by atoms with Crippen LogP contribution in [-0.2, 0) is 0 Å². The number of aliphatic hydroxyl groups excluding tert-OH is 1. The number of benzene rings is 1. The fraction of sp³-hybridized carbons (Fsp3) is 0.533. The SMILES string of the molecule is CCN(CCO)C(c1nc2ccccc2[nH]1)C(C)C. The minimum Gasteiger partial charge on any atom is -0.395 e. The molecule has 0 bridgehead atoms. The maximum absolute atomic E-state index is 9.21. The minimum atomic E-state index is 0.178. The largest absolute Gasteiger partial charge is 0.395 e. The monoisotopic (exact) mass is 261 g/mol. The van der Waals surface area contributed by atoms with Gasteiger partial charge in [-0.1, -0.05) is 32.9 Å². The summed E-state index contributed by atoms with van der Waals surface area (Å²) in [6, 6.07) is 8.30. The molecule has 1 atom stereocenters. The van der Waals surface area contributed by atoms with Crippen molar-refractivity contribution in [3.8, 4) is 0 Å². The molecule has 1 heterocycles. The number of para-hydroxylation sites is 2. The molecular weight excluding hydrogens is 238 g/mol. The molecule has 1 unspecified atom stereocenters. The van der Waals surface area contributed by atoms with Crippen molar-refractivity contribution in [3.05, 3.63) is 30.1 Å². The van der Waals surface area contributed by atoms with E-state index in [4.69, 9.17) is 4.98 Å². The molecule has 2 aromatic rings. The molecule has 0 aliphatic carbocycles. The van der Waals surface area contributed by atoms with E-state index < -0.39 is 0 Å². The van der Waals surface area contributed by atoms with E-state index in [-0.39, 0.29) is 12.6 Å². The van der Waals surface area contributed by atoms with Gasteiger partial charge in [-0.15, -0.1) is 0 Å². The highest BCUT2D eigenvalue weighted by atomic mass is 16.3. The van der Waals surface area contributed by atoms with Crippen LogP contribution in [0.2, 0.25) is 0 Å². The van der Waals surface area contributed by atoms with Crippen molar-refractivity contribution in [1.29, 1.82) is 0 Å². The zero-order valence-corrected chi connectivity index (χ0v) is 11.9. The number of nitrogens with one attached hydrogen (secondary N) is 1. The summed E-state index contributed by atoms with van der Waals surface area (Å²) in [5, 5.41) is 9.21. The third-order valence-electron chi connectivity index (χ3n) is 3.51. The summed E-state index contributed by atoms with van der Waals surface area (Å²) < 4.78 is 0. The van der Waals surface area contributed by atoms with Crippen LogP contribution in [0.1, 0.15) is 32.6 Å². The molecule has 0 radical (unpaired) electrons. The second-order valence-corrected chi connectivity index (χ2v) is 5.18. The number of aromatic nitrogens is 2. The van der Waals surface area contributed by atoms with E-state index in [2.05, 4.69) is 30.7 Å². The van der Waals surface area contributed by atoms with E-state index in [1.807, 2.05) is 24.3 Å². The molecule has 0 saturated carbocycles. The molecule has 0 spiro atoms. The topological polar surface area (TPSA) is 52.1 Å². The number of likely N-dealkylation sites (N-methyl/N-ethyl adjacent to an activating group) is 1. The Morgan fingerprint density at radius 1 is 1.32 bits per heavy atom. The number of H-pyrrole nitrogens is 1. The first-order valence-corrected chi connectivity index (χ1v) is 6.97. The van der Waals surface area contributed by atoms with Gasteiger partial charge in [0.1, 0.15) is 5.82 Å². The first kappa shape index (κ1) is 14.0. The Labute approximate surface area is 114 Å². The molecule has 0 fully saturated rings. The number of hydrogen-bond acceptors (Lipinski definition) is 3. The lowest BCUT2D eigenvalue weighted by atomic mass is 10.0. The predicted octanol–water partition coefficient (Wildman–Crippen LogP) is 2.57. The maximum Gasteiger partial charge on any atom is 0.124 e. The van der Waals surface area contributed by atoms with Gasteiger partial charge in [0.25, 0.3) is 0 Å². The zero-order chi connectivity index (χ0) is 13.8. The Kier molecular flexibility index (Phi) is 4.56. The lowest BCUT2D eigenvalue weighted by Crippen LogP contribution is -2.34. The Morgan fingerprint density at radius 3 is 2.63 bits per heavy atom. The highest BCUT2D eigenvalue weighted by Crippen LogP contribution is 2.27. The van der Waals surface area contributed by atoms with Crippen LogP contribution in [0, 0.1) is 5.92 Å². The Morgan fingerprint density at radius 2 is 2.05 bits per heavy atom. The predicted molar refractivity (Wildman–Crippen MR) is 78.0 cm³/mol. The fourth-order valence-corrected chi connectivity index (χ4v) is 2.65. The van der Waals surface area contributed by atoms with Crippen LogP contribution < -0.4 is 0 Å². The molecule has 0 saturated heterocycles. The number of nitrogens with zero attached hydrogens (tertiary/aromatic N) is 2. The molecule has 4 heteroatoms. The van der Waals surface area contributed by atoms with Gasteiger partial charge in [-0.2, -0.15) is 0 Å². The second-order valence-electron chi connectivity index (χ2n) is 5.18. The van der Waals surface area contributed by atoms with Gasteiger partial charge in [0.2, 0.25) is 0 Å². The Bertz CT molecular complexity index is 488. The molecule has 0 aliphatic rings. The summed E-state index contributed by atoms with van der Waals surface area (Å²) in [7, 11) is 0. The molecule has 19 heavy (non-hydrogen) atoms. The third-order valence-corrected chi connectivity index (χ3v) is 3.51. The zero-order valence-electron chi connectivity index (χ0n) is 11.9. The lowest BCUT2D eigenvalue weighted by molar-refractivity contribution is 0.123. The van der Waals surface area contributed by atoms with Crippen LogP contribution in [0.15, 0.2) is 24.3 Å².